The highest BCUT2D eigenvalue weighted by molar-refractivity contribution is 5.69. The fraction of sp³-hybridized carbons (Fsp3) is 0.929. The largest absolute Gasteiger partial charge is 0.480 e. The van der Waals surface area contributed by atoms with Crippen LogP contribution < -0.4 is 5.32 Å². The summed E-state index contributed by atoms with van der Waals surface area (Å²) in [5.41, 5.74) is 0. The van der Waals surface area contributed by atoms with E-state index >= 15 is 0 Å². The summed E-state index contributed by atoms with van der Waals surface area (Å²) < 4.78 is 0. The zero-order chi connectivity index (χ0) is 13.1. The summed E-state index contributed by atoms with van der Waals surface area (Å²) in [6.07, 6.45) is 6.26. The third kappa shape index (κ3) is 3.23. The molecule has 2 saturated carbocycles. The molecule has 0 aromatic carbocycles. The van der Waals surface area contributed by atoms with Crippen LogP contribution in [0.3, 0.4) is 0 Å². The fourth-order valence-corrected chi connectivity index (χ4v) is 3.39. The van der Waals surface area contributed by atoms with Crippen molar-refractivity contribution in [3.05, 3.63) is 0 Å². The quantitative estimate of drug-likeness (QED) is 0.757. The van der Waals surface area contributed by atoms with Crippen LogP contribution in [-0.2, 0) is 4.79 Å². The second kappa shape index (κ2) is 6.02. The van der Waals surface area contributed by atoms with Crippen molar-refractivity contribution in [3.8, 4) is 0 Å². The van der Waals surface area contributed by atoms with Gasteiger partial charge < -0.3 is 10.4 Å². The van der Waals surface area contributed by atoms with Gasteiger partial charge in [-0.2, -0.15) is 0 Å². The summed E-state index contributed by atoms with van der Waals surface area (Å²) in [4.78, 5) is 12.8. The summed E-state index contributed by atoms with van der Waals surface area (Å²) in [6.45, 7) is 5.41. The smallest absolute Gasteiger partial charge is 0.317 e. The van der Waals surface area contributed by atoms with E-state index < -0.39 is 5.97 Å². The van der Waals surface area contributed by atoms with Gasteiger partial charge in [-0.3, -0.25) is 9.69 Å². The lowest BCUT2D eigenvalue weighted by Gasteiger charge is -2.44. The number of aliphatic carboxylic acids is 1. The van der Waals surface area contributed by atoms with Crippen LogP contribution in [-0.4, -0.2) is 47.2 Å². The molecule has 0 aliphatic heterocycles. The first-order chi connectivity index (χ1) is 8.60. The Bertz CT molecular complexity index is 290. The van der Waals surface area contributed by atoms with Gasteiger partial charge in [0.25, 0.3) is 0 Å². The van der Waals surface area contributed by atoms with Gasteiger partial charge >= 0.3 is 5.97 Å². The first-order valence-corrected chi connectivity index (χ1v) is 7.32. The van der Waals surface area contributed by atoms with Gasteiger partial charge in [-0.1, -0.05) is 20.3 Å². The van der Waals surface area contributed by atoms with Gasteiger partial charge in [-0.25, -0.2) is 0 Å². The van der Waals surface area contributed by atoms with Gasteiger partial charge in [0.15, 0.2) is 0 Å². The molecule has 2 fully saturated rings. The van der Waals surface area contributed by atoms with Crippen LogP contribution >= 0.6 is 0 Å². The third-order valence-corrected chi connectivity index (χ3v) is 4.69. The van der Waals surface area contributed by atoms with E-state index in [1.54, 1.807) is 0 Å². The van der Waals surface area contributed by atoms with E-state index in [-0.39, 0.29) is 6.54 Å². The fourth-order valence-electron chi connectivity index (χ4n) is 3.39. The second-order valence-electron chi connectivity index (χ2n) is 5.96. The number of hydrogen-bond acceptors (Lipinski definition) is 3. The minimum Gasteiger partial charge on any atom is -0.480 e. The topological polar surface area (TPSA) is 52.6 Å². The standard InChI is InChI=1S/C14H26N2O2/c1-3-16(9-14(17)18)12-7-11(8-12)15-13-6-4-5-10(13)2/h10-13,15H,3-9H2,1-2H3,(H,17,18). The number of nitrogens with one attached hydrogen (secondary N) is 1. The van der Waals surface area contributed by atoms with E-state index in [9.17, 15) is 4.79 Å². The maximum Gasteiger partial charge on any atom is 0.317 e. The van der Waals surface area contributed by atoms with Gasteiger partial charge in [0.2, 0.25) is 0 Å². The van der Waals surface area contributed by atoms with E-state index in [1.165, 1.54) is 19.3 Å². The molecule has 2 N–H and O–H groups in total. The number of nitrogens with zero attached hydrogens (tertiary/aromatic N) is 1. The summed E-state index contributed by atoms with van der Waals surface area (Å²) in [5.74, 6) is 0.100. The highest BCUT2D eigenvalue weighted by Crippen LogP contribution is 2.30. The minimum absolute atomic E-state index is 0.188. The van der Waals surface area contributed by atoms with E-state index in [1.807, 2.05) is 6.92 Å². The number of carboxylic acids is 1. The molecule has 4 heteroatoms. The van der Waals surface area contributed by atoms with Gasteiger partial charge in [-0.15, -0.1) is 0 Å². The van der Waals surface area contributed by atoms with Crippen molar-refractivity contribution in [1.82, 2.24) is 10.2 Å². The van der Waals surface area contributed by atoms with Gasteiger partial charge in [-0.05, 0) is 38.1 Å². The highest BCUT2D eigenvalue weighted by Gasteiger charge is 2.36. The Balaban J connectivity index is 1.70. The van der Waals surface area contributed by atoms with E-state index in [4.69, 9.17) is 5.11 Å². The molecule has 2 aliphatic rings. The van der Waals surface area contributed by atoms with Crippen LogP contribution in [0.4, 0.5) is 0 Å². The Kier molecular flexibility index (Phi) is 4.62. The Labute approximate surface area is 110 Å². The third-order valence-electron chi connectivity index (χ3n) is 4.69. The monoisotopic (exact) mass is 254 g/mol. The molecule has 0 spiro atoms. The Hall–Kier alpha value is -0.610. The average Bonchev–Trinajstić information content (AvgIpc) is 2.66. The molecule has 18 heavy (non-hydrogen) atoms. The molecule has 0 saturated heterocycles. The number of likely N-dealkylation sites (N-methyl/N-ethyl adjacent to an activating group) is 1. The van der Waals surface area contributed by atoms with Crippen molar-refractivity contribution in [2.75, 3.05) is 13.1 Å². The molecule has 0 bridgehead atoms. The first-order valence-electron chi connectivity index (χ1n) is 7.32. The first kappa shape index (κ1) is 13.8. The lowest BCUT2D eigenvalue weighted by molar-refractivity contribution is -0.139. The summed E-state index contributed by atoms with van der Waals surface area (Å²) in [6, 6.07) is 1.79. The lowest BCUT2D eigenvalue weighted by atomic mass is 9.84. The van der Waals surface area contributed by atoms with Crippen molar-refractivity contribution >= 4 is 5.97 Å². The summed E-state index contributed by atoms with van der Waals surface area (Å²) >= 11 is 0. The van der Waals surface area contributed by atoms with Crippen molar-refractivity contribution in [2.45, 2.75) is 64.1 Å². The van der Waals surface area contributed by atoms with Crippen LogP contribution in [0.5, 0.6) is 0 Å². The van der Waals surface area contributed by atoms with E-state index in [0.29, 0.717) is 18.1 Å². The van der Waals surface area contributed by atoms with Gasteiger partial charge in [0, 0.05) is 18.1 Å². The van der Waals surface area contributed by atoms with E-state index in [0.717, 1.165) is 25.3 Å². The number of hydrogen-bond donors (Lipinski definition) is 2. The van der Waals surface area contributed by atoms with Crippen molar-refractivity contribution < 1.29 is 9.90 Å². The van der Waals surface area contributed by atoms with Gasteiger partial charge in [0.05, 0.1) is 6.54 Å². The zero-order valence-electron chi connectivity index (χ0n) is 11.6. The molecule has 104 valence electrons. The average molecular weight is 254 g/mol. The van der Waals surface area contributed by atoms with Crippen LogP contribution in [0.1, 0.15) is 46.0 Å². The molecule has 2 rings (SSSR count). The molecule has 0 aromatic rings. The molecular weight excluding hydrogens is 228 g/mol. The van der Waals surface area contributed by atoms with Crippen molar-refractivity contribution in [1.29, 1.82) is 0 Å². The molecule has 0 aromatic heterocycles. The molecule has 2 unspecified atom stereocenters. The maximum absolute atomic E-state index is 10.8. The predicted octanol–water partition coefficient (Wildman–Crippen LogP) is 1.70. The molecule has 2 aliphatic carbocycles. The zero-order valence-corrected chi connectivity index (χ0v) is 11.6. The normalized spacial score (nSPS) is 35.7. The van der Waals surface area contributed by atoms with E-state index in [2.05, 4.69) is 17.1 Å². The summed E-state index contributed by atoms with van der Waals surface area (Å²) in [5, 5.41) is 12.6. The maximum atomic E-state index is 10.8. The second-order valence-corrected chi connectivity index (χ2v) is 5.96. The molecule has 0 radical (unpaired) electrons. The van der Waals surface area contributed by atoms with Crippen LogP contribution in [0.2, 0.25) is 0 Å². The number of carbonyl (C=O) groups is 1. The Morgan fingerprint density at radius 1 is 1.39 bits per heavy atom. The number of carboxylic acid groups (broad SMARTS) is 1. The SMILES string of the molecule is CCN(CC(=O)O)C1CC(NC2CCCC2C)C1. The number of rotatable bonds is 6. The van der Waals surface area contributed by atoms with Crippen LogP contribution in [0, 0.1) is 5.92 Å². The minimum atomic E-state index is -0.710. The lowest BCUT2D eigenvalue weighted by Crippen LogP contribution is -2.56. The van der Waals surface area contributed by atoms with Crippen LogP contribution in [0.15, 0.2) is 0 Å². The Morgan fingerprint density at radius 3 is 2.61 bits per heavy atom. The molecule has 0 heterocycles. The highest BCUT2D eigenvalue weighted by atomic mass is 16.4. The Morgan fingerprint density at radius 2 is 2.11 bits per heavy atom. The molecular formula is C14H26N2O2. The molecule has 0 amide bonds. The van der Waals surface area contributed by atoms with Crippen LogP contribution in [0.25, 0.3) is 0 Å². The molecule has 2 atom stereocenters. The summed E-state index contributed by atoms with van der Waals surface area (Å²) in [7, 11) is 0. The van der Waals surface area contributed by atoms with Gasteiger partial charge in [0.1, 0.15) is 0 Å². The van der Waals surface area contributed by atoms with Crippen molar-refractivity contribution in [2.24, 2.45) is 5.92 Å². The van der Waals surface area contributed by atoms with Crippen molar-refractivity contribution in [3.63, 3.8) is 0 Å². The molecule has 4 nitrogen and oxygen atoms in total. The predicted molar refractivity (Wildman–Crippen MR) is 71.6 cm³/mol.